The minimum Gasteiger partial charge on any atom is -0.497 e. The van der Waals surface area contributed by atoms with Gasteiger partial charge in [-0.3, -0.25) is 4.79 Å². The minimum absolute atomic E-state index is 0.131. The second-order valence-electron chi connectivity index (χ2n) is 7.01. The molecule has 7 heteroatoms. The molecule has 6 nitrogen and oxygen atoms in total. The number of nitrogens with zero attached hydrogens (tertiary/aromatic N) is 2. The van der Waals surface area contributed by atoms with Crippen LogP contribution < -0.4 is 14.8 Å². The number of carbonyl (C=O) groups is 1. The van der Waals surface area contributed by atoms with Crippen LogP contribution in [-0.4, -0.2) is 29.4 Å². The van der Waals surface area contributed by atoms with Crippen LogP contribution >= 0.6 is 11.6 Å². The summed E-state index contributed by atoms with van der Waals surface area (Å²) in [5.74, 6) is 0.987. The summed E-state index contributed by atoms with van der Waals surface area (Å²) in [6, 6.07) is 24.5. The van der Waals surface area contributed by atoms with Crippen LogP contribution in [0.4, 0.5) is 0 Å². The third-order valence-electron chi connectivity index (χ3n) is 4.85. The highest BCUT2D eigenvalue weighted by Gasteiger charge is 2.14. The van der Waals surface area contributed by atoms with E-state index in [4.69, 9.17) is 26.2 Å². The number of ether oxygens (including phenoxy) is 2. The van der Waals surface area contributed by atoms with E-state index >= 15 is 0 Å². The molecule has 0 aliphatic rings. The van der Waals surface area contributed by atoms with E-state index in [1.807, 2.05) is 60.8 Å². The van der Waals surface area contributed by atoms with Crippen LogP contribution in [0.1, 0.15) is 5.56 Å². The number of amides is 1. The zero-order valence-corrected chi connectivity index (χ0v) is 18.3. The Morgan fingerprint density at radius 2 is 1.72 bits per heavy atom. The summed E-state index contributed by atoms with van der Waals surface area (Å²) in [5.41, 5.74) is 3.52. The van der Waals surface area contributed by atoms with Crippen molar-refractivity contribution >= 4 is 17.5 Å². The van der Waals surface area contributed by atoms with E-state index in [1.54, 1.807) is 36.1 Å². The summed E-state index contributed by atoms with van der Waals surface area (Å²) in [4.78, 5) is 12.4. The van der Waals surface area contributed by atoms with Crippen molar-refractivity contribution in [2.45, 2.75) is 6.54 Å². The Labute approximate surface area is 191 Å². The first kappa shape index (κ1) is 21.5. The number of carbonyl (C=O) groups excluding carboxylic acids is 1. The monoisotopic (exact) mass is 447 g/mol. The number of rotatable bonds is 8. The van der Waals surface area contributed by atoms with E-state index in [2.05, 4.69) is 5.32 Å². The van der Waals surface area contributed by atoms with Gasteiger partial charge in [-0.05, 0) is 48.5 Å². The zero-order chi connectivity index (χ0) is 22.3. The number of hydrogen-bond acceptors (Lipinski definition) is 4. The van der Waals surface area contributed by atoms with Crippen molar-refractivity contribution in [3.05, 3.63) is 95.6 Å². The minimum atomic E-state index is -0.252. The van der Waals surface area contributed by atoms with E-state index in [0.29, 0.717) is 17.3 Å². The molecule has 0 spiro atoms. The predicted molar refractivity (Wildman–Crippen MR) is 124 cm³/mol. The second-order valence-corrected chi connectivity index (χ2v) is 7.41. The SMILES string of the molecule is COc1ccc(-c2nn(-c3ccccc3)cc2CNC(=O)COc2ccccc2Cl)cc1. The third-order valence-corrected chi connectivity index (χ3v) is 5.16. The molecule has 162 valence electrons. The summed E-state index contributed by atoms with van der Waals surface area (Å²) in [6.45, 7) is 0.174. The molecule has 0 unspecified atom stereocenters. The third kappa shape index (κ3) is 5.10. The van der Waals surface area contributed by atoms with Gasteiger partial charge in [-0.2, -0.15) is 5.10 Å². The number of benzene rings is 3. The van der Waals surface area contributed by atoms with Crippen molar-refractivity contribution in [2.24, 2.45) is 0 Å². The van der Waals surface area contributed by atoms with Gasteiger partial charge in [0.05, 0.1) is 23.5 Å². The maximum Gasteiger partial charge on any atom is 0.258 e. The lowest BCUT2D eigenvalue weighted by Crippen LogP contribution is -2.28. The van der Waals surface area contributed by atoms with Gasteiger partial charge in [0.1, 0.15) is 11.5 Å². The number of nitrogens with one attached hydrogen (secondary N) is 1. The Kier molecular flexibility index (Phi) is 6.72. The number of para-hydroxylation sites is 2. The second kappa shape index (κ2) is 10.0. The van der Waals surface area contributed by atoms with Gasteiger partial charge >= 0.3 is 0 Å². The van der Waals surface area contributed by atoms with Crippen molar-refractivity contribution in [1.29, 1.82) is 0 Å². The lowest BCUT2D eigenvalue weighted by atomic mass is 10.1. The summed E-state index contributed by atoms with van der Waals surface area (Å²) in [5, 5.41) is 8.13. The van der Waals surface area contributed by atoms with Gasteiger partial charge in [0.25, 0.3) is 5.91 Å². The molecule has 4 rings (SSSR count). The molecule has 32 heavy (non-hydrogen) atoms. The van der Waals surface area contributed by atoms with Gasteiger partial charge in [-0.25, -0.2) is 4.68 Å². The fraction of sp³-hybridized carbons (Fsp3) is 0.120. The maximum absolute atomic E-state index is 12.4. The molecule has 0 saturated heterocycles. The number of methoxy groups -OCH3 is 1. The number of aromatic nitrogens is 2. The van der Waals surface area contributed by atoms with Crippen molar-refractivity contribution in [3.63, 3.8) is 0 Å². The van der Waals surface area contributed by atoms with Crippen LogP contribution in [-0.2, 0) is 11.3 Å². The Morgan fingerprint density at radius 3 is 2.44 bits per heavy atom. The molecule has 1 N–H and O–H groups in total. The molecule has 0 fully saturated rings. The summed E-state index contributed by atoms with van der Waals surface area (Å²) >= 11 is 6.08. The van der Waals surface area contributed by atoms with Gasteiger partial charge in [-0.1, -0.05) is 41.9 Å². The average molecular weight is 448 g/mol. The van der Waals surface area contributed by atoms with Crippen LogP contribution in [0.15, 0.2) is 85.1 Å². The van der Waals surface area contributed by atoms with Crippen molar-refractivity contribution in [2.75, 3.05) is 13.7 Å². The van der Waals surface area contributed by atoms with Crippen LogP contribution in [0.5, 0.6) is 11.5 Å². The van der Waals surface area contributed by atoms with Crippen LogP contribution in [0.25, 0.3) is 16.9 Å². The van der Waals surface area contributed by atoms with E-state index in [1.165, 1.54) is 0 Å². The highest BCUT2D eigenvalue weighted by atomic mass is 35.5. The first-order valence-electron chi connectivity index (χ1n) is 10.1. The Bertz CT molecular complexity index is 1190. The Morgan fingerprint density at radius 1 is 1.00 bits per heavy atom. The van der Waals surface area contributed by atoms with E-state index in [0.717, 1.165) is 28.3 Å². The molecular weight excluding hydrogens is 426 g/mol. The number of hydrogen-bond donors (Lipinski definition) is 1. The largest absolute Gasteiger partial charge is 0.497 e. The predicted octanol–water partition coefficient (Wildman–Crippen LogP) is 4.90. The lowest BCUT2D eigenvalue weighted by molar-refractivity contribution is -0.123. The van der Waals surface area contributed by atoms with E-state index in [9.17, 15) is 4.79 Å². The summed E-state index contributed by atoms with van der Waals surface area (Å²) in [7, 11) is 1.63. The zero-order valence-electron chi connectivity index (χ0n) is 17.5. The van der Waals surface area contributed by atoms with Crippen molar-refractivity contribution in [1.82, 2.24) is 15.1 Å². The van der Waals surface area contributed by atoms with Gasteiger partial charge in [0.15, 0.2) is 6.61 Å². The molecule has 0 bridgehead atoms. The van der Waals surface area contributed by atoms with Crippen LogP contribution in [0, 0.1) is 0 Å². The highest BCUT2D eigenvalue weighted by Crippen LogP contribution is 2.26. The van der Waals surface area contributed by atoms with Gasteiger partial charge < -0.3 is 14.8 Å². The Hall–Kier alpha value is -3.77. The average Bonchev–Trinajstić information content (AvgIpc) is 3.27. The quantitative estimate of drug-likeness (QED) is 0.417. The molecule has 1 amide bonds. The lowest BCUT2D eigenvalue weighted by Gasteiger charge is -2.09. The number of halogens is 1. The molecule has 0 saturated carbocycles. The van der Waals surface area contributed by atoms with Crippen LogP contribution in [0.2, 0.25) is 5.02 Å². The molecule has 0 radical (unpaired) electrons. The van der Waals surface area contributed by atoms with Crippen molar-refractivity contribution < 1.29 is 14.3 Å². The first-order valence-corrected chi connectivity index (χ1v) is 10.4. The molecule has 3 aromatic carbocycles. The van der Waals surface area contributed by atoms with Gasteiger partial charge in [0.2, 0.25) is 0 Å². The standard InChI is InChI=1S/C25H22ClN3O3/c1-31-21-13-11-18(12-14-21)25-19(16-29(28-25)20-7-3-2-4-8-20)15-27-24(30)17-32-23-10-6-5-9-22(23)26/h2-14,16H,15,17H2,1H3,(H,27,30). The highest BCUT2D eigenvalue weighted by molar-refractivity contribution is 6.32. The molecule has 4 aromatic rings. The molecule has 1 aromatic heterocycles. The smallest absolute Gasteiger partial charge is 0.258 e. The fourth-order valence-electron chi connectivity index (χ4n) is 3.19. The molecule has 0 atom stereocenters. The van der Waals surface area contributed by atoms with Crippen molar-refractivity contribution in [3.8, 4) is 28.4 Å². The van der Waals surface area contributed by atoms with Crippen LogP contribution in [0.3, 0.4) is 0 Å². The molecule has 0 aliphatic heterocycles. The normalized spacial score (nSPS) is 10.6. The van der Waals surface area contributed by atoms with Gasteiger partial charge in [0, 0.05) is 23.9 Å². The molecular formula is C25H22ClN3O3. The Balaban J connectivity index is 1.51. The maximum atomic E-state index is 12.4. The first-order chi connectivity index (χ1) is 15.6. The molecule has 0 aliphatic carbocycles. The van der Waals surface area contributed by atoms with E-state index in [-0.39, 0.29) is 12.5 Å². The molecule has 1 heterocycles. The summed E-state index contributed by atoms with van der Waals surface area (Å²) < 4.78 is 12.6. The van der Waals surface area contributed by atoms with Gasteiger partial charge in [-0.15, -0.1) is 0 Å². The summed E-state index contributed by atoms with van der Waals surface area (Å²) in [6.07, 6.45) is 1.92. The van der Waals surface area contributed by atoms with E-state index < -0.39 is 0 Å². The fourth-order valence-corrected chi connectivity index (χ4v) is 3.38. The topological polar surface area (TPSA) is 65.4 Å².